The zero-order valence-electron chi connectivity index (χ0n) is 12.5. The number of ether oxygens (including phenoxy) is 3. The Bertz CT molecular complexity index is 469. The van der Waals surface area contributed by atoms with Crippen molar-refractivity contribution in [3.63, 3.8) is 0 Å². The number of rotatable bonds is 0. The summed E-state index contributed by atoms with van der Waals surface area (Å²) in [6.07, 6.45) is 1.91. The maximum Gasteiger partial charge on any atom is 0.199 e. The lowest BCUT2D eigenvalue weighted by atomic mass is 9.64. The van der Waals surface area contributed by atoms with Crippen LogP contribution >= 0.6 is 15.9 Å². The predicted molar refractivity (Wildman–Crippen MR) is 76.7 cm³/mol. The smallest absolute Gasteiger partial charge is 0.199 e. The summed E-state index contributed by atoms with van der Waals surface area (Å²) < 4.78 is 19.3. The highest BCUT2D eigenvalue weighted by atomic mass is 79.9. The molecule has 0 aromatic heterocycles. The monoisotopic (exact) mass is 346 g/mol. The van der Waals surface area contributed by atoms with Crippen LogP contribution in [0.3, 0.4) is 0 Å². The number of halogens is 1. The van der Waals surface area contributed by atoms with E-state index in [0.717, 1.165) is 12.8 Å². The van der Waals surface area contributed by atoms with Crippen LogP contribution in [0, 0.1) is 5.92 Å². The van der Waals surface area contributed by atoms with Gasteiger partial charge in [-0.15, -0.1) is 0 Å². The van der Waals surface area contributed by atoms with E-state index in [1.54, 1.807) is 0 Å². The number of fused-ring (bicyclic) bond motifs is 2. The predicted octanol–water partition coefficient (Wildman–Crippen LogP) is 2.36. The van der Waals surface area contributed by atoms with Gasteiger partial charge in [-0.05, 0) is 34.1 Å². The molecule has 4 fully saturated rings. The molecule has 5 heteroatoms. The Labute approximate surface area is 128 Å². The maximum absolute atomic E-state index is 10.6. The molecule has 1 aliphatic carbocycles. The first kappa shape index (κ1) is 13.9. The molecule has 3 aliphatic heterocycles. The minimum absolute atomic E-state index is 0.0773. The molecule has 20 heavy (non-hydrogen) atoms. The molecule has 1 saturated carbocycles. The van der Waals surface area contributed by atoms with Gasteiger partial charge in [0.25, 0.3) is 0 Å². The second-order valence-corrected chi connectivity index (χ2v) is 8.98. The van der Waals surface area contributed by atoms with Gasteiger partial charge in [0.2, 0.25) is 0 Å². The van der Waals surface area contributed by atoms with Crippen molar-refractivity contribution in [3.05, 3.63) is 0 Å². The third kappa shape index (κ3) is 1.42. The number of aliphatic hydroxyl groups is 1. The van der Waals surface area contributed by atoms with Gasteiger partial charge in [0, 0.05) is 23.6 Å². The van der Waals surface area contributed by atoms with E-state index in [2.05, 4.69) is 43.6 Å². The summed E-state index contributed by atoms with van der Waals surface area (Å²) in [6.45, 7) is 8.31. The largest absolute Gasteiger partial charge is 0.393 e. The van der Waals surface area contributed by atoms with Gasteiger partial charge in [0.15, 0.2) is 5.79 Å². The second-order valence-electron chi connectivity index (χ2n) is 7.87. The Morgan fingerprint density at radius 2 is 1.80 bits per heavy atom. The maximum atomic E-state index is 10.6. The molecular formula is C15H23BrO4. The highest BCUT2D eigenvalue weighted by Gasteiger charge is 2.76. The van der Waals surface area contributed by atoms with Crippen LogP contribution < -0.4 is 0 Å². The van der Waals surface area contributed by atoms with E-state index in [0.29, 0.717) is 6.42 Å². The van der Waals surface area contributed by atoms with Crippen LogP contribution in [0.4, 0.5) is 0 Å². The van der Waals surface area contributed by atoms with Crippen molar-refractivity contribution in [3.8, 4) is 0 Å². The number of alkyl halides is 1. The fraction of sp³-hybridized carbons (Fsp3) is 1.00. The van der Waals surface area contributed by atoms with Crippen molar-refractivity contribution < 1.29 is 19.3 Å². The first-order valence-electron chi connectivity index (χ1n) is 7.52. The van der Waals surface area contributed by atoms with Crippen LogP contribution in [-0.2, 0) is 14.2 Å². The van der Waals surface area contributed by atoms with Crippen molar-refractivity contribution in [1.29, 1.82) is 0 Å². The van der Waals surface area contributed by atoms with Gasteiger partial charge in [-0.2, -0.15) is 0 Å². The highest BCUT2D eigenvalue weighted by Crippen LogP contribution is 2.65. The molecule has 114 valence electrons. The molecule has 5 unspecified atom stereocenters. The zero-order valence-corrected chi connectivity index (χ0v) is 14.1. The topological polar surface area (TPSA) is 47.9 Å². The second kappa shape index (κ2) is 3.62. The third-order valence-electron chi connectivity index (χ3n) is 6.10. The normalized spacial score (nSPS) is 63.3. The van der Waals surface area contributed by atoms with Gasteiger partial charge in [0.05, 0.1) is 23.4 Å². The van der Waals surface area contributed by atoms with Crippen molar-refractivity contribution in [2.75, 3.05) is 0 Å². The summed E-state index contributed by atoms with van der Waals surface area (Å²) in [4.78, 5) is 0.167. The van der Waals surface area contributed by atoms with Crippen LogP contribution in [-0.4, -0.2) is 44.7 Å². The first-order chi connectivity index (χ1) is 9.12. The van der Waals surface area contributed by atoms with Crippen LogP contribution in [0.2, 0.25) is 0 Å². The summed E-state index contributed by atoms with van der Waals surface area (Å²) in [5.41, 5.74) is -1.28. The molecule has 0 amide bonds. The average molecular weight is 347 g/mol. The molecule has 4 rings (SSSR count). The van der Waals surface area contributed by atoms with E-state index in [1.807, 2.05) is 0 Å². The molecule has 7 atom stereocenters. The molecule has 3 bridgehead atoms. The fourth-order valence-electron chi connectivity index (χ4n) is 4.87. The van der Waals surface area contributed by atoms with Crippen LogP contribution in [0.15, 0.2) is 0 Å². The third-order valence-corrected chi connectivity index (χ3v) is 7.53. The van der Waals surface area contributed by atoms with Gasteiger partial charge in [-0.25, -0.2) is 0 Å². The lowest BCUT2D eigenvalue weighted by Crippen LogP contribution is -2.71. The Morgan fingerprint density at radius 1 is 1.10 bits per heavy atom. The highest BCUT2D eigenvalue weighted by molar-refractivity contribution is 9.09. The molecular weight excluding hydrogens is 324 g/mol. The van der Waals surface area contributed by atoms with Gasteiger partial charge < -0.3 is 19.3 Å². The van der Waals surface area contributed by atoms with Crippen molar-refractivity contribution >= 4 is 15.9 Å². The first-order valence-corrected chi connectivity index (χ1v) is 8.44. The summed E-state index contributed by atoms with van der Waals surface area (Å²) in [5, 5.41) is 10.6. The van der Waals surface area contributed by atoms with Crippen molar-refractivity contribution in [1.82, 2.24) is 0 Å². The van der Waals surface area contributed by atoms with Crippen molar-refractivity contribution in [2.24, 2.45) is 5.92 Å². The number of hydrogen-bond acceptors (Lipinski definition) is 4. The van der Waals surface area contributed by atoms with Crippen molar-refractivity contribution in [2.45, 2.75) is 86.6 Å². The van der Waals surface area contributed by atoms with E-state index in [4.69, 9.17) is 14.2 Å². The molecule has 1 N–H and O–H groups in total. The van der Waals surface area contributed by atoms with E-state index in [9.17, 15) is 5.11 Å². The SMILES string of the molecule is CC1(C)OC2(C)[C@H]3CC4OC2(CC1Br)O[C@@]4(C)CC3O. The number of aliphatic hydroxyl groups excluding tert-OH is 1. The van der Waals surface area contributed by atoms with E-state index in [1.165, 1.54) is 0 Å². The fourth-order valence-corrected chi connectivity index (χ4v) is 5.39. The van der Waals surface area contributed by atoms with Crippen LogP contribution in [0.25, 0.3) is 0 Å². The molecule has 0 aromatic carbocycles. The van der Waals surface area contributed by atoms with Crippen LogP contribution in [0.1, 0.15) is 47.0 Å². The van der Waals surface area contributed by atoms with Gasteiger partial charge in [0.1, 0.15) is 5.60 Å². The van der Waals surface area contributed by atoms with Gasteiger partial charge >= 0.3 is 0 Å². The Balaban J connectivity index is 1.85. The van der Waals surface area contributed by atoms with Gasteiger partial charge in [-0.3, -0.25) is 0 Å². The molecule has 0 radical (unpaired) electrons. The minimum atomic E-state index is -0.726. The minimum Gasteiger partial charge on any atom is -0.393 e. The molecule has 0 aromatic rings. The molecule has 3 heterocycles. The summed E-state index contributed by atoms with van der Waals surface area (Å²) in [5.74, 6) is -0.646. The van der Waals surface area contributed by atoms with E-state index >= 15 is 0 Å². The Kier molecular flexibility index (Phi) is 2.52. The molecule has 4 aliphatic rings. The summed E-state index contributed by atoms with van der Waals surface area (Å²) in [7, 11) is 0. The van der Waals surface area contributed by atoms with E-state index < -0.39 is 11.4 Å². The molecule has 1 spiro atoms. The zero-order chi connectivity index (χ0) is 14.6. The quantitative estimate of drug-likeness (QED) is 0.684. The Hall–Kier alpha value is 0.320. The van der Waals surface area contributed by atoms with Gasteiger partial charge in [-0.1, -0.05) is 15.9 Å². The van der Waals surface area contributed by atoms with Crippen LogP contribution in [0.5, 0.6) is 0 Å². The molecule has 4 nitrogen and oxygen atoms in total. The number of hydrogen-bond donors (Lipinski definition) is 1. The van der Waals surface area contributed by atoms with E-state index in [-0.39, 0.29) is 34.2 Å². The Morgan fingerprint density at radius 3 is 2.50 bits per heavy atom. The molecule has 3 saturated heterocycles. The lowest BCUT2D eigenvalue weighted by molar-refractivity contribution is -0.372. The summed E-state index contributed by atoms with van der Waals surface area (Å²) in [6, 6.07) is 0. The summed E-state index contributed by atoms with van der Waals surface area (Å²) >= 11 is 3.74. The lowest BCUT2D eigenvalue weighted by Gasteiger charge is -2.60. The average Bonchev–Trinajstić information content (AvgIpc) is 2.51. The standard InChI is InChI=1S/C15H23BrO4/c1-12(2)10(16)7-15-14(4,19-12)8-5-11(18-15)13(3,20-15)6-9(8)17/h8-11,17H,5-7H2,1-4H3/t8-,9?,10?,11?,13-,14?,15?/m0/s1.